The minimum absolute atomic E-state index is 0.0370. The zero-order valence-corrected chi connectivity index (χ0v) is 14.4. The number of carbonyl (C=O) groups excluding carboxylic acids is 1. The third-order valence-corrected chi connectivity index (χ3v) is 4.36. The Kier molecular flexibility index (Phi) is 4.74. The van der Waals surface area contributed by atoms with E-state index in [4.69, 9.17) is 4.74 Å². The number of aromatic nitrogens is 2. The Bertz CT molecular complexity index is 1020. The fraction of sp³-hybridized carbons (Fsp3) is 0.211. The number of aliphatic hydroxyl groups excluding tert-OH is 1. The normalized spacial score (nSPS) is 15.4. The van der Waals surface area contributed by atoms with Gasteiger partial charge in [-0.3, -0.25) is 4.79 Å². The van der Waals surface area contributed by atoms with Gasteiger partial charge in [0.05, 0.1) is 12.6 Å². The number of hydrogen-bond donors (Lipinski definition) is 2. The van der Waals surface area contributed by atoms with Gasteiger partial charge in [-0.25, -0.2) is 0 Å². The minimum Gasteiger partial charge on any atom is -0.491 e. The molecule has 144 valence electrons. The van der Waals surface area contributed by atoms with Crippen molar-refractivity contribution < 1.29 is 27.9 Å². The summed E-state index contributed by atoms with van der Waals surface area (Å²) in [5, 5.41) is 15.6. The van der Waals surface area contributed by atoms with Gasteiger partial charge in [0.2, 0.25) is 5.82 Å². The summed E-state index contributed by atoms with van der Waals surface area (Å²) in [4.78, 5) is 16.1. The Labute approximate surface area is 157 Å². The molecule has 0 aliphatic carbocycles. The number of benzene rings is 2. The van der Waals surface area contributed by atoms with E-state index in [9.17, 15) is 18.7 Å². The second-order valence-electron chi connectivity index (χ2n) is 6.21. The van der Waals surface area contributed by atoms with Gasteiger partial charge in [0.1, 0.15) is 12.4 Å². The van der Waals surface area contributed by atoms with Crippen molar-refractivity contribution in [1.82, 2.24) is 15.5 Å². The van der Waals surface area contributed by atoms with Crippen LogP contribution in [0.5, 0.6) is 5.75 Å². The maximum atomic E-state index is 12.6. The summed E-state index contributed by atoms with van der Waals surface area (Å²) in [5.41, 5.74) is 2.30. The van der Waals surface area contributed by atoms with E-state index in [1.165, 1.54) is 0 Å². The van der Waals surface area contributed by atoms with Gasteiger partial charge in [-0.15, -0.1) is 0 Å². The number of alkyl halides is 2. The van der Waals surface area contributed by atoms with E-state index in [2.05, 4.69) is 20.0 Å². The molecule has 3 aromatic rings. The first-order chi connectivity index (χ1) is 13.5. The third kappa shape index (κ3) is 3.44. The molecule has 0 unspecified atom stereocenters. The van der Waals surface area contributed by atoms with E-state index in [-0.39, 0.29) is 31.0 Å². The summed E-state index contributed by atoms with van der Waals surface area (Å²) < 4.78 is 35.3. The van der Waals surface area contributed by atoms with Crippen LogP contribution in [0.15, 0.2) is 47.0 Å². The number of carbonyl (C=O) groups is 1. The molecule has 0 bridgehead atoms. The molecule has 0 saturated heterocycles. The zero-order valence-electron chi connectivity index (χ0n) is 14.4. The maximum absolute atomic E-state index is 12.6. The molecule has 1 aliphatic rings. The summed E-state index contributed by atoms with van der Waals surface area (Å²) in [6, 6.07) is 11.3. The number of aliphatic hydroxyl groups is 1. The maximum Gasteiger partial charge on any atom is 0.315 e. The van der Waals surface area contributed by atoms with E-state index in [0.29, 0.717) is 22.4 Å². The molecular weight excluding hydrogens is 372 g/mol. The second kappa shape index (κ2) is 7.35. The zero-order chi connectivity index (χ0) is 19.7. The van der Waals surface area contributed by atoms with Crippen molar-refractivity contribution in [2.75, 3.05) is 6.61 Å². The molecule has 0 saturated carbocycles. The Balaban J connectivity index is 1.52. The number of nitrogens with one attached hydrogen (secondary N) is 1. The smallest absolute Gasteiger partial charge is 0.315 e. The lowest BCUT2D eigenvalue weighted by molar-refractivity contribution is 0.0930. The van der Waals surface area contributed by atoms with Gasteiger partial charge in [-0.2, -0.15) is 13.8 Å². The summed E-state index contributed by atoms with van der Waals surface area (Å²) in [6.07, 6.45) is -2.84. The first-order valence-corrected chi connectivity index (χ1v) is 8.44. The number of fused-ring (bicyclic) bond motifs is 1. The molecule has 1 aliphatic heterocycles. The van der Waals surface area contributed by atoms with E-state index in [1.807, 2.05) is 0 Å². The predicted octanol–water partition coefficient (Wildman–Crippen LogP) is 3.03. The molecule has 1 atom stereocenters. The van der Waals surface area contributed by atoms with Crippen molar-refractivity contribution in [2.24, 2.45) is 0 Å². The lowest BCUT2D eigenvalue weighted by atomic mass is 10.0. The monoisotopic (exact) mass is 387 g/mol. The largest absolute Gasteiger partial charge is 0.491 e. The average Bonchev–Trinajstić information content (AvgIpc) is 3.35. The van der Waals surface area contributed by atoms with E-state index in [0.717, 1.165) is 5.56 Å². The van der Waals surface area contributed by atoms with E-state index >= 15 is 0 Å². The van der Waals surface area contributed by atoms with Crippen molar-refractivity contribution in [3.63, 3.8) is 0 Å². The van der Waals surface area contributed by atoms with Crippen LogP contribution in [-0.4, -0.2) is 27.8 Å². The predicted molar refractivity (Wildman–Crippen MR) is 92.8 cm³/mol. The van der Waals surface area contributed by atoms with E-state index in [1.54, 1.807) is 42.5 Å². The molecule has 0 fully saturated rings. The van der Waals surface area contributed by atoms with Crippen molar-refractivity contribution >= 4 is 5.91 Å². The molecular formula is C19H15F2N3O4. The molecule has 2 heterocycles. The molecule has 0 spiro atoms. The summed E-state index contributed by atoms with van der Waals surface area (Å²) in [7, 11) is 0. The molecule has 1 amide bonds. The summed E-state index contributed by atoms with van der Waals surface area (Å²) >= 11 is 0. The van der Waals surface area contributed by atoms with Gasteiger partial charge in [-0.1, -0.05) is 29.4 Å². The van der Waals surface area contributed by atoms with Gasteiger partial charge in [0, 0.05) is 16.7 Å². The quantitative estimate of drug-likeness (QED) is 0.699. The van der Waals surface area contributed by atoms with Crippen molar-refractivity contribution in [3.8, 4) is 17.1 Å². The lowest BCUT2D eigenvalue weighted by Crippen LogP contribution is -2.29. The van der Waals surface area contributed by atoms with Crippen LogP contribution in [0.2, 0.25) is 0 Å². The van der Waals surface area contributed by atoms with E-state index < -0.39 is 12.3 Å². The first kappa shape index (κ1) is 18.1. The molecule has 4 rings (SSSR count). The lowest BCUT2D eigenvalue weighted by Gasteiger charge is -2.12. The molecule has 2 aromatic carbocycles. The molecule has 1 aromatic heterocycles. The number of hydrogen-bond acceptors (Lipinski definition) is 6. The second-order valence-corrected chi connectivity index (χ2v) is 6.21. The Morgan fingerprint density at radius 2 is 2.14 bits per heavy atom. The van der Waals surface area contributed by atoms with Gasteiger partial charge >= 0.3 is 6.43 Å². The molecule has 7 nitrogen and oxygen atoms in total. The van der Waals surface area contributed by atoms with Crippen LogP contribution >= 0.6 is 0 Å². The number of halogens is 2. The van der Waals surface area contributed by atoms with Crippen molar-refractivity contribution in [3.05, 3.63) is 65.0 Å². The van der Waals surface area contributed by atoms with Crippen LogP contribution in [0.25, 0.3) is 11.4 Å². The fourth-order valence-electron chi connectivity index (χ4n) is 2.96. The van der Waals surface area contributed by atoms with Crippen LogP contribution in [-0.2, 0) is 6.61 Å². The van der Waals surface area contributed by atoms with Crippen molar-refractivity contribution in [1.29, 1.82) is 0 Å². The highest BCUT2D eigenvalue weighted by molar-refractivity contribution is 5.94. The fourth-order valence-corrected chi connectivity index (χ4v) is 2.96. The minimum atomic E-state index is -2.84. The van der Waals surface area contributed by atoms with Gasteiger partial charge in [0.25, 0.3) is 11.8 Å². The highest BCUT2D eigenvalue weighted by Gasteiger charge is 2.27. The standard InChI is InChI=1S/C19H15F2N3O4/c20-16(21)19-23-17(24-28-19)11-4-5-13-14(9-27-15(13)7-11)22-18(26)12-3-1-2-10(6-12)8-25/h1-7,14,16,25H,8-9H2,(H,22,26)/t14-/m1/s1. The number of amides is 1. The Hall–Kier alpha value is -3.33. The molecule has 2 N–H and O–H groups in total. The topological polar surface area (TPSA) is 97.5 Å². The number of ether oxygens (including phenoxy) is 1. The summed E-state index contributed by atoms with van der Waals surface area (Å²) in [6.45, 7) is 0.0847. The first-order valence-electron chi connectivity index (χ1n) is 8.44. The van der Waals surface area contributed by atoms with Crippen LogP contribution in [0.3, 0.4) is 0 Å². The number of nitrogens with zero attached hydrogens (tertiary/aromatic N) is 2. The van der Waals surface area contributed by atoms with Gasteiger partial charge in [0.15, 0.2) is 0 Å². The van der Waals surface area contributed by atoms with Crippen LogP contribution < -0.4 is 10.1 Å². The molecule has 28 heavy (non-hydrogen) atoms. The average molecular weight is 387 g/mol. The number of rotatable bonds is 5. The SMILES string of the molecule is O=C(N[C@@H]1COc2cc(-c3noc(C(F)F)n3)ccc21)c1cccc(CO)c1. The van der Waals surface area contributed by atoms with Gasteiger partial charge < -0.3 is 19.7 Å². The van der Waals surface area contributed by atoms with Crippen LogP contribution in [0.4, 0.5) is 8.78 Å². The summed E-state index contributed by atoms with van der Waals surface area (Å²) in [5.74, 6) is -0.488. The van der Waals surface area contributed by atoms with Gasteiger partial charge in [-0.05, 0) is 23.8 Å². The van der Waals surface area contributed by atoms with Crippen molar-refractivity contribution in [2.45, 2.75) is 19.1 Å². The van der Waals surface area contributed by atoms with Crippen LogP contribution in [0.1, 0.15) is 39.8 Å². The van der Waals surface area contributed by atoms with Crippen LogP contribution in [0, 0.1) is 0 Å². The Morgan fingerprint density at radius 1 is 1.29 bits per heavy atom. The molecule has 0 radical (unpaired) electrons. The Morgan fingerprint density at radius 3 is 2.89 bits per heavy atom. The molecule has 9 heteroatoms. The highest BCUT2D eigenvalue weighted by atomic mass is 19.3. The third-order valence-electron chi connectivity index (χ3n) is 4.36. The highest BCUT2D eigenvalue weighted by Crippen LogP contribution is 2.35.